The van der Waals surface area contributed by atoms with Gasteiger partial charge in [0.2, 0.25) is 0 Å². The minimum atomic E-state index is -0.0426. The Kier molecular flexibility index (Phi) is 6.94. The van der Waals surface area contributed by atoms with Crippen molar-refractivity contribution >= 4 is 29.2 Å². The van der Waals surface area contributed by atoms with Crippen molar-refractivity contribution in [2.45, 2.75) is 18.8 Å². The lowest BCUT2D eigenvalue weighted by atomic mass is 9.86. The van der Waals surface area contributed by atoms with Gasteiger partial charge in [-0.15, -0.1) is 11.3 Å². The number of nitrogens with zero attached hydrogens (tertiary/aromatic N) is 3. The molecule has 1 unspecified atom stereocenters. The summed E-state index contributed by atoms with van der Waals surface area (Å²) in [6.07, 6.45) is 2.45. The highest BCUT2D eigenvalue weighted by molar-refractivity contribution is 7.10. The van der Waals surface area contributed by atoms with Crippen LogP contribution in [0.15, 0.2) is 64.2 Å². The number of benzene rings is 1. The number of ketones is 1. The second kappa shape index (κ2) is 10.0. The number of hydrogen-bond acceptors (Lipinski definition) is 6. The number of aliphatic hydroxyl groups excluding tert-OH is 1. The van der Waals surface area contributed by atoms with Gasteiger partial charge in [0.15, 0.2) is 5.78 Å². The van der Waals surface area contributed by atoms with Crippen molar-refractivity contribution in [2.24, 2.45) is 4.99 Å². The average molecular weight is 438 g/mol. The van der Waals surface area contributed by atoms with E-state index in [0.717, 1.165) is 30.1 Å². The molecular weight excluding hydrogens is 410 g/mol. The normalized spacial score (nSPS) is 20.6. The average Bonchev–Trinajstić information content (AvgIpc) is 3.33. The van der Waals surface area contributed by atoms with Crippen LogP contribution in [0.5, 0.6) is 0 Å². The summed E-state index contributed by atoms with van der Waals surface area (Å²) in [7, 11) is 0. The molecule has 1 aromatic carbocycles. The van der Waals surface area contributed by atoms with Gasteiger partial charge in [-0.25, -0.2) is 0 Å². The molecule has 1 aliphatic heterocycles. The van der Waals surface area contributed by atoms with Gasteiger partial charge in [-0.2, -0.15) is 0 Å². The van der Waals surface area contributed by atoms with Crippen LogP contribution in [0.3, 0.4) is 0 Å². The SMILES string of the molecule is O=C1CC(c2cccs2)CC(O)=C1C=NCCN1CCN(C(=O)c2ccccc2)CC1. The van der Waals surface area contributed by atoms with E-state index in [1.54, 1.807) is 11.3 Å². The van der Waals surface area contributed by atoms with E-state index in [0.29, 0.717) is 38.0 Å². The molecule has 31 heavy (non-hydrogen) atoms. The second-order valence-corrected chi connectivity index (χ2v) is 8.92. The summed E-state index contributed by atoms with van der Waals surface area (Å²) >= 11 is 1.62. The smallest absolute Gasteiger partial charge is 0.253 e. The summed E-state index contributed by atoms with van der Waals surface area (Å²) in [5.41, 5.74) is 1.08. The fraction of sp³-hybridized carbons (Fsp3) is 0.375. The minimum absolute atomic E-state index is 0.0426. The standard InChI is InChI=1S/C24H27N3O3S/c28-21-15-19(23-7-4-14-31-23)16-22(29)20(21)17-25-8-9-26-10-12-27(13-11-26)24(30)18-5-2-1-3-6-18/h1-7,14,17,19,28H,8-13,15-16H2. The first-order valence-electron chi connectivity index (χ1n) is 10.7. The zero-order chi connectivity index (χ0) is 21.6. The Morgan fingerprint density at radius 2 is 1.87 bits per heavy atom. The van der Waals surface area contributed by atoms with E-state index in [2.05, 4.69) is 9.89 Å². The summed E-state index contributed by atoms with van der Waals surface area (Å²) in [6.45, 7) is 4.35. The first kappa shape index (κ1) is 21.5. The number of amides is 1. The quantitative estimate of drug-likeness (QED) is 0.702. The van der Waals surface area contributed by atoms with Crippen LogP contribution in [0.1, 0.15) is 34.0 Å². The summed E-state index contributed by atoms with van der Waals surface area (Å²) in [5.74, 6) is 0.252. The van der Waals surface area contributed by atoms with Gasteiger partial charge in [-0.3, -0.25) is 19.5 Å². The molecule has 2 aromatic rings. The van der Waals surface area contributed by atoms with Crippen LogP contribution in [0.25, 0.3) is 0 Å². The van der Waals surface area contributed by atoms with Crippen molar-refractivity contribution in [3.8, 4) is 0 Å². The maximum absolute atomic E-state index is 12.5. The van der Waals surface area contributed by atoms with E-state index in [-0.39, 0.29) is 23.4 Å². The number of piperazine rings is 1. The van der Waals surface area contributed by atoms with E-state index < -0.39 is 0 Å². The van der Waals surface area contributed by atoms with E-state index >= 15 is 0 Å². The van der Waals surface area contributed by atoms with Gasteiger partial charge >= 0.3 is 0 Å². The number of carbonyl (C=O) groups excluding carboxylic acids is 2. The highest BCUT2D eigenvalue weighted by Gasteiger charge is 2.28. The van der Waals surface area contributed by atoms with Crippen LogP contribution >= 0.6 is 11.3 Å². The van der Waals surface area contributed by atoms with Gasteiger partial charge in [0.05, 0.1) is 12.1 Å². The van der Waals surface area contributed by atoms with Gasteiger partial charge in [0.25, 0.3) is 5.91 Å². The van der Waals surface area contributed by atoms with Gasteiger partial charge in [0.1, 0.15) is 5.76 Å². The first-order chi connectivity index (χ1) is 15.1. The molecular formula is C24H27N3O3S. The molecule has 2 heterocycles. The number of aliphatic imine (C=N–C) groups is 1. The van der Waals surface area contributed by atoms with Crippen molar-refractivity contribution in [1.29, 1.82) is 0 Å². The van der Waals surface area contributed by atoms with Gasteiger partial charge in [0, 0.05) is 68.1 Å². The molecule has 1 amide bonds. The Labute approximate surface area is 186 Å². The summed E-state index contributed by atoms with van der Waals surface area (Å²) in [5, 5.41) is 12.4. The lowest BCUT2D eigenvalue weighted by molar-refractivity contribution is -0.116. The maximum Gasteiger partial charge on any atom is 0.253 e. The maximum atomic E-state index is 12.5. The molecule has 1 saturated heterocycles. The molecule has 0 radical (unpaired) electrons. The Balaban J connectivity index is 1.23. The highest BCUT2D eigenvalue weighted by atomic mass is 32.1. The molecule has 2 aliphatic rings. The second-order valence-electron chi connectivity index (χ2n) is 7.94. The summed E-state index contributed by atoms with van der Waals surface area (Å²) in [4.78, 5) is 34.7. The molecule has 0 bridgehead atoms. The molecule has 0 spiro atoms. The Morgan fingerprint density at radius 3 is 2.55 bits per heavy atom. The lowest BCUT2D eigenvalue weighted by Gasteiger charge is -2.34. The Bertz CT molecular complexity index is 961. The molecule has 7 heteroatoms. The van der Waals surface area contributed by atoms with E-state index in [9.17, 15) is 14.7 Å². The highest BCUT2D eigenvalue weighted by Crippen LogP contribution is 2.35. The first-order valence-corrected chi connectivity index (χ1v) is 11.5. The third-order valence-electron chi connectivity index (χ3n) is 5.87. The number of Topliss-reactive ketones (excluding diaryl/α,β-unsaturated/α-hetero) is 1. The third-order valence-corrected chi connectivity index (χ3v) is 6.91. The van der Waals surface area contributed by atoms with Crippen LogP contribution in [0, 0.1) is 0 Å². The zero-order valence-corrected chi connectivity index (χ0v) is 18.3. The van der Waals surface area contributed by atoms with Gasteiger partial charge < -0.3 is 10.0 Å². The molecule has 6 nitrogen and oxygen atoms in total. The molecule has 1 N–H and O–H groups in total. The van der Waals surface area contributed by atoms with E-state index in [1.165, 1.54) is 6.21 Å². The number of thiophene rings is 1. The fourth-order valence-corrected chi connectivity index (χ4v) is 4.90. The third kappa shape index (κ3) is 5.29. The lowest BCUT2D eigenvalue weighted by Crippen LogP contribution is -2.49. The van der Waals surface area contributed by atoms with Crippen molar-refractivity contribution < 1.29 is 14.7 Å². The number of allylic oxidation sites excluding steroid dienone is 2. The summed E-state index contributed by atoms with van der Waals surface area (Å²) < 4.78 is 0. The van der Waals surface area contributed by atoms with E-state index in [1.807, 2.05) is 52.7 Å². The predicted octanol–water partition coefficient (Wildman–Crippen LogP) is 3.54. The van der Waals surface area contributed by atoms with Crippen LogP contribution in [-0.2, 0) is 4.79 Å². The zero-order valence-electron chi connectivity index (χ0n) is 17.4. The van der Waals surface area contributed by atoms with Crippen LogP contribution < -0.4 is 0 Å². The molecule has 1 aliphatic carbocycles. The minimum Gasteiger partial charge on any atom is -0.511 e. The van der Waals surface area contributed by atoms with Crippen LogP contribution in [0.4, 0.5) is 0 Å². The number of rotatable bonds is 6. The predicted molar refractivity (Wildman–Crippen MR) is 123 cm³/mol. The largest absolute Gasteiger partial charge is 0.511 e. The van der Waals surface area contributed by atoms with Crippen molar-refractivity contribution in [1.82, 2.24) is 9.80 Å². The number of aliphatic hydroxyl groups is 1. The molecule has 1 fully saturated rings. The monoisotopic (exact) mass is 437 g/mol. The van der Waals surface area contributed by atoms with Crippen LogP contribution in [0.2, 0.25) is 0 Å². The molecule has 0 saturated carbocycles. The van der Waals surface area contributed by atoms with Crippen molar-refractivity contribution in [3.63, 3.8) is 0 Å². The molecule has 4 rings (SSSR count). The van der Waals surface area contributed by atoms with E-state index in [4.69, 9.17) is 0 Å². The molecule has 162 valence electrons. The molecule has 1 atom stereocenters. The summed E-state index contributed by atoms with van der Waals surface area (Å²) in [6, 6.07) is 13.4. The molecule has 1 aromatic heterocycles. The fourth-order valence-electron chi connectivity index (χ4n) is 4.07. The number of hydrogen-bond donors (Lipinski definition) is 1. The van der Waals surface area contributed by atoms with Gasteiger partial charge in [-0.05, 0) is 23.6 Å². The van der Waals surface area contributed by atoms with Crippen molar-refractivity contribution in [2.75, 3.05) is 39.3 Å². The number of carbonyl (C=O) groups is 2. The topological polar surface area (TPSA) is 73.2 Å². The van der Waals surface area contributed by atoms with Crippen molar-refractivity contribution in [3.05, 3.63) is 69.6 Å². The van der Waals surface area contributed by atoms with Crippen LogP contribution in [-0.4, -0.2) is 72.1 Å². The Morgan fingerprint density at radius 1 is 1.10 bits per heavy atom. The van der Waals surface area contributed by atoms with Gasteiger partial charge in [-0.1, -0.05) is 24.3 Å². The Hall–Kier alpha value is -2.77.